The molecule has 0 amide bonds. The Morgan fingerprint density at radius 2 is 1.62 bits per heavy atom. The summed E-state index contributed by atoms with van der Waals surface area (Å²) in [5.74, 6) is 0.625. The summed E-state index contributed by atoms with van der Waals surface area (Å²) in [4.78, 5) is 12.2. The van der Waals surface area contributed by atoms with Crippen molar-refractivity contribution in [1.29, 1.82) is 0 Å². The summed E-state index contributed by atoms with van der Waals surface area (Å²) in [6.07, 6.45) is 0. The van der Waals surface area contributed by atoms with Crippen molar-refractivity contribution in [3.05, 3.63) is 15.5 Å². The second-order valence-corrected chi connectivity index (χ2v) is 4.79. The van der Waals surface area contributed by atoms with E-state index in [-0.39, 0.29) is 10.4 Å². The number of likely N-dealkylation sites (N-methyl/N-ethyl adjacent to an activating group) is 1. The van der Waals surface area contributed by atoms with Crippen LogP contribution in [0.15, 0.2) is 0 Å². The Hall–Kier alpha value is -0.290. The first kappa shape index (κ1) is 12.2. The molecule has 0 saturated carbocycles. The summed E-state index contributed by atoms with van der Waals surface area (Å²) < 4.78 is 0. The van der Waals surface area contributed by atoms with Crippen molar-refractivity contribution in [2.45, 2.75) is 0 Å². The SMILES string of the molecule is CN1CCN(c2nc(Cl)nc(Cl)c2Cl)CC1. The molecule has 2 rings (SSSR count). The molecule has 1 aliphatic rings. The lowest BCUT2D eigenvalue weighted by molar-refractivity contribution is 0.312. The van der Waals surface area contributed by atoms with Crippen LogP contribution in [-0.4, -0.2) is 48.1 Å². The van der Waals surface area contributed by atoms with Crippen molar-refractivity contribution in [2.24, 2.45) is 0 Å². The fraction of sp³-hybridized carbons (Fsp3) is 0.556. The average Bonchev–Trinajstić information content (AvgIpc) is 2.25. The van der Waals surface area contributed by atoms with Gasteiger partial charge in [-0.15, -0.1) is 0 Å². The van der Waals surface area contributed by atoms with Crippen LogP contribution in [0.25, 0.3) is 0 Å². The van der Waals surface area contributed by atoms with E-state index in [9.17, 15) is 0 Å². The summed E-state index contributed by atoms with van der Waals surface area (Å²) in [6, 6.07) is 0. The molecule has 4 nitrogen and oxygen atoms in total. The quantitative estimate of drug-likeness (QED) is 0.583. The van der Waals surface area contributed by atoms with Gasteiger partial charge in [0, 0.05) is 26.2 Å². The van der Waals surface area contributed by atoms with Crippen molar-refractivity contribution in [2.75, 3.05) is 38.1 Å². The molecule has 1 aromatic rings. The minimum atomic E-state index is 0.128. The van der Waals surface area contributed by atoms with Gasteiger partial charge >= 0.3 is 0 Å². The lowest BCUT2D eigenvalue weighted by atomic mass is 10.3. The molecule has 0 spiro atoms. The summed E-state index contributed by atoms with van der Waals surface area (Å²) >= 11 is 17.7. The molecule has 0 radical (unpaired) electrons. The topological polar surface area (TPSA) is 32.3 Å². The fourth-order valence-corrected chi connectivity index (χ4v) is 2.19. The van der Waals surface area contributed by atoms with Crippen LogP contribution in [0.4, 0.5) is 5.82 Å². The van der Waals surface area contributed by atoms with Crippen molar-refractivity contribution >= 4 is 40.6 Å². The lowest BCUT2D eigenvalue weighted by Gasteiger charge is -2.33. The van der Waals surface area contributed by atoms with E-state index in [4.69, 9.17) is 34.8 Å². The number of aromatic nitrogens is 2. The summed E-state index contributed by atoms with van der Waals surface area (Å²) in [5.41, 5.74) is 0. The van der Waals surface area contributed by atoms with Gasteiger partial charge in [-0.25, -0.2) is 4.98 Å². The molecular formula is C9H11Cl3N4. The van der Waals surface area contributed by atoms with Crippen LogP contribution >= 0.6 is 34.8 Å². The Bertz CT molecular complexity index is 391. The first-order valence-corrected chi connectivity index (χ1v) is 6.03. The Morgan fingerprint density at radius 3 is 2.25 bits per heavy atom. The molecule has 0 unspecified atom stereocenters. The maximum atomic E-state index is 6.06. The third kappa shape index (κ3) is 2.51. The van der Waals surface area contributed by atoms with E-state index in [0.29, 0.717) is 10.8 Å². The normalized spacial score (nSPS) is 17.9. The van der Waals surface area contributed by atoms with Crippen molar-refractivity contribution in [3.63, 3.8) is 0 Å². The molecule has 0 aliphatic carbocycles. The van der Waals surface area contributed by atoms with Gasteiger partial charge in [0.2, 0.25) is 5.28 Å². The van der Waals surface area contributed by atoms with Crippen LogP contribution in [-0.2, 0) is 0 Å². The molecule has 2 heterocycles. The Balaban J connectivity index is 2.26. The van der Waals surface area contributed by atoms with Gasteiger partial charge in [-0.2, -0.15) is 4.98 Å². The van der Waals surface area contributed by atoms with E-state index in [1.807, 2.05) is 0 Å². The smallest absolute Gasteiger partial charge is 0.225 e. The standard InChI is InChI=1S/C9H11Cl3N4/c1-15-2-4-16(5-3-15)8-6(10)7(11)13-9(12)14-8/h2-5H2,1H3. The van der Waals surface area contributed by atoms with Crippen LogP contribution in [0.1, 0.15) is 0 Å². The van der Waals surface area contributed by atoms with Crippen LogP contribution < -0.4 is 4.90 Å². The minimum Gasteiger partial charge on any atom is -0.353 e. The van der Waals surface area contributed by atoms with E-state index in [0.717, 1.165) is 26.2 Å². The summed E-state index contributed by atoms with van der Waals surface area (Å²) in [6.45, 7) is 3.66. The molecule has 1 saturated heterocycles. The minimum absolute atomic E-state index is 0.128. The van der Waals surface area contributed by atoms with Crippen LogP contribution in [0.3, 0.4) is 0 Å². The zero-order valence-electron chi connectivity index (χ0n) is 8.75. The molecule has 0 aromatic carbocycles. The first-order chi connectivity index (χ1) is 7.58. The van der Waals surface area contributed by atoms with Crippen LogP contribution in [0.2, 0.25) is 15.5 Å². The lowest BCUT2D eigenvalue weighted by Crippen LogP contribution is -2.45. The van der Waals surface area contributed by atoms with E-state index in [1.165, 1.54) is 0 Å². The molecule has 88 valence electrons. The largest absolute Gasteiger partial charge is 0.353 e. The number of rotatable bonds is 1. The van der Waals surface area contributed by atoms with Gasteiger partial charge in [0.05, 0.1) is 0 Å². The van der Waals surface area contributed by atoms with Gasteiger partial charge in [0.25, 0.3) is 0 Å². The van der Waals surface area contributed by atoms with Crippen molar-refractivity contribution < 1.29 is 0 Å². The van der Waals surface area contributed by atoms with Crippen LogP contribution in [0.5, 0.6) is 0 Å². The highest BCUT2D eigenvalue weighted by atomic mass is 35.5. The van der Waals surface area contributed by atoms with E-state index >= 15 is 0 Å². The zero-order chi connectivity index (χ0) is 11.7. The van der Waals surface area contributed by atoms with E-state index in [2.05, 4.69) is 26.8 Å². The van der Waals surface area contributed by atoms with Gasteiger partial charge in [-0.3, -0.25) is 0 Å². The van der Waals surface area contributed by atoms with Crippen molar-refractivity contribution in [1.82, 2.24) is 14.9 Å². The van der Waals surface area contributed by atoms with Crippen LogP contribution in [0, 0.1) is 0 Å². The monoisotopic (exact) mass is 280 g/mol. The maximum Gasteiger partial charge on any atom is 0.225 e. The molecule has 0 atom stereocenters. The van der Waals surface area contributed by atoms with Gasteiger partial charge in [-0.05, 0) is 18.6 Å². The average molecular weight is 282 g/mol. The second-order valence-electron chi connectivity index (χ2n) is 3.71. The molecule has 16 heavy (non-hydrogen) atoms. The number of halogens is 3. The number of hydrogen-bond donors (Lipinski definition) is 0. The third-order valence-corrected chi connectivity index (χ3v) is 3.46. The summed E-state index contributed by atoms with van der Waals surface area (Å²) in [5, 5.41) is 0.703. The van der Waals surface area contributed by atoms with Gasteiger partial charge in [-0.1, -0.05) is 23.2 Å². The molecule has 0 N–H and O–H groups in total. The molecular weight excluding hydrogens is 270 g/mol. The molecule has 7 heteroatoms. The highest BCUT2D eigenvalue weighted by Gasteiger charge is 2.20. The van der Waals surface area contributed by atoms with E-state index in [1.54, 1.807) is 0 Å². The first-order valence-electron chi connectivity index (χ1n) is 4.90. The highest BCUT2D eigenvalue weighted by Crippen LogP contribution is 2.31. The molecule has 0 bridgehead atoms. The Morgan fingerprint density at radius 1 is 1.00 bits per heavy atom. The second kappa shape index (κ2) is 4.92. The zero-order valence-corrected chi connectivity index (χ0v) is 11.0. The molecule has 1 aromatic heterocycles. The maximum absolute atomic E-state index is 6.06. The third-order valence-electron chi connectivity index (χ3n) is 2.57. The fourth-order valence-electron chi connectivity index (χ4n) is 1.61. The van der Waals surface area contributed by atoms with Crippen molar-refractivity contribution in [3.8, 4) is 0 Å². The Labute approximate surface area is 109 Å². The number of nitrogens with zero attached hydrogens (tertiary/aromatic N) is 4. The predicted octanol–water partition coefficient (Wildman–Crippen LogP) is 2.19. The van der Waals surface area contributed by atoms with Gasteiger partial charge in [0.15, 0.2) is 11.0 Å². The summed E-state index contributed by atoms with van der Waals surface area (Å²) in [7, 11) is 2.08. The predicted molar refractivity (Wildman–Crippen MR) is 66.8 cm³/mol. The molecule has 1 aliphatic heterocycles. The highest BCUT2D eigenvalue weighted by molar-refractivity contribution is 6.43. The number of piperazine rings is 1. The molecule has 1 fully saturated rings. The number of anilines is 1. The number of hydrogen-bond acceptors (Lipinski definition) is 4. The van der Waals surface area contributed by atoms with Gasteiger partial charge < -0.3 is 9.80 Å². The van der Waals surface area contributed by atoms with E-state index < -0.39 is 0 Å². The van der Waals surface area contributed by atoms with Gasteiger partial charge in [0.1, 0.15) is 5.02 Å². The Kier molecular flexibility index (Phi) is 3.74.